The molecule has 0 bridgehead atoms. The number of urea groups is 1. The van der Waals surface area contributed by atoms with Crippen LogP contribution >= 0.6 is 0 Å². The van der Waals surface area contributed by atoms with Crippen LogP contribution in [0.1, 0.15) is 31.4 Å². The van der Waals surface area contributed by atoms with Crippen LogP contribution in [0.4, 0.5) is 4.79 Å². The molecule has 0 radical (unpaired) electrons. The van der Waals surface area contributed by atoms with Gasteiger partial charge in [-0.25, -0.2) is 4.79 Å². The molecule has 0 aromatic carbocycles. The molecule has 0 aliphatic rings. The number of rotatable bonds is 9. The van der Waals surface area contributed by atoms with Crippen molar-refractivity contribution in [1.82, 2.24) is 20.4 Å². The van der Waals surface area contributed by atoms with Crippen molar-refractivity contribution in [3.05, 3.63) is 18.0 Å². The minimum Gasteiger partial charge on any atom is -0.481 e. The normalized spacial score (nSPS) is 10.2. The molecule has 0 fully saturated rings. The molecule has 0 spiro atoms. The van der Waals surface area contributed by atoms with Gasteiger partial charge < -0.3 is 15.7 Å². The smallest absolute Gasteiger partial charge is 0.314 e. The van der Waals surface area contributed by atoms with Crippen LogP contribution in [0.25, 0.3) is 0 Å². The van der Waals surface area contributed by atoms with Crippen molar-refractivity contribution in [1.29, 1.82) is 0 Å². The SMILES string of the molecule is Cn1nccc1CCNC(=O)NCCCCCC(=O)O. The number of carbonyl (C=O) groups is 2. The number of amides is 2. The highest BCUT2D eigenvalue weighted by Gasteiger charge is 2.02. The first kappa shape index (κ1) is 16.0. The fourth-order valence-electron chi connectivity index (χ4n) is 1.79. The van der Waals surface area contributed by atoms with E-state index in [0.29, 0.717) is 19.5 Å². The minimum atomic E-state index is -0.772. The van der Waals surface area contributed by atoms with Gasteiger partial charge in [-0.3, -0.25) is 9.48 Å². The third-order valence-corrected chi connectivity index (χ3v) is 2.94. The van der Waals surface area contributed by atoms with Crippen LogP contribution in [0.2, 0.25) is 0 Å². The molecule has 20 heavy (non-hydrogen) atoms. The van der Waals surface area contributed by atoms with Gasteiger partial charge in [0, 0.05) is 44.9 Å². The molecule has 7 heteroatoms. The quantitative estimate of drug-likeness (QED) is 0.586. The second-order valence-corrected chi connectivity index (χ2v) is 4.58. The monoisotopic (exact) mass is 282 g/mol. The number of carbonyl (C=O) groups excluding carboxylic acids is 1. The first-order valence-electron chi connectivity index (χ1n) is 6.80. The van der Waals surface area contributed by atoms with Gasteiger partial charge in [-0.05, 0) is 18.9 Å². The van der Waals surface area contributed by atoms with Gasteiger partial charge in [-0.1, -0.05) is 6.42 Å². The summed E-state index contributed by atoms with van der Waals surface area (Å²) in [5.41, 5.74) is 1.07. The van der Waals surface area contributed by atoms with E-state index in [1.807, 2.05) is 13.1 Å². The topological polar surface area (TPSA) is 96.3 Å². The Hall–Kier alpha value is -2.05. The van der Waals surface area contributed by atoms with E-state index in [2.05, 4.69) is 15.7 Å². The van der Waals surface area contributed by atoms with E-state index in [-0.39, 0.29) is 12.5 Å². The third kappa shape index (κ3) is 6.77. The summed E-state index contributed by atoms with van der Waals surface area (Å²) in [5, 5.41) is 18.0. The second kappa shape index (κ2) is 8.95. The summed E-state index contributed by atoms with van der Waals surface area (Å²) >= 11 is 0. The molecule has 0 aliphatic carbocycles. The average Bonchev–Trinajstić information content (AvgIpc) is 2.79. The molecule has 0 atom stereocenters. The van der Waals surface area contributed by atoms with Crippen LogP contribution in [0, 0.1) is 0 Å². The molecular weight excluding hydrogens is 260 g/mol. The lowest BCUT2D eigenvalue weighted by Crippen LogP contribution is -2.37. The van der Waals surface area contributed by atoms with Crippen LogP contribution in [0.3, 0.4) is 0 Å². The van der Waals surface area contributed by atoms with Crippen LogP contribution in [-0.2, 0) is 18.3 Å². The van der Waals surface area contributed by atoms with Crippen molar-refractivity contribution in [3.63, 3.8) is 0 Å². The maximum absolute atomic E-state index is 11.5. The predicted octanol–water partition coefficient (Wildman–Crippen LogP) is 0.907. The number of carboxylic acid groups (broad SMARTS) is 1. The van der Waals surface area contributed by atoms with Gasteiger partial charge in [0.05, 0.1) is 0 Å². The molecule has 0 unspecified atom stereocenters. The number of carboxylic acids is 1. The highest BCUT2D eigenvalue weighted by Crippen LogP contribution is 1.98. The number of unbranched alkanes of at least 4 members (excludes halogenated alkanes) is 2. The zero-order valence-electron chi connectivity index (χ0n) is 11.8. The largest absolute Gasteiger partial charge is 0.481 e. The third-order valence-electron chi connectivity index (χ3n) is 2.94. The van der Waals surface area contributed by atoms with Gasteiger partial charge in [-0.15, -0.1) is 0 Å². The van der Waals surface area contributed by atoms with E-state index in [1.165, 1.54) is 0 Å². The molecule has 7 nitrogen and oxygen atoms in total. The van der Waals surface area contributed by atoms with Gasteiger partial charge >= 0.3 is 12.0 Å². The Morgan fingerprint density at radius 2 is 2.00 bits per heavy atom. The second-order valence-electron chi connectivity index (χ2n) is 4.58. The predicted molar refractivity (Wildman–Crippen MR) is 74.4 cm³/mol. The highest BCUT2D eigenvalue weighted by molar-refractivity contribution is 5.73. The summed E-state index contributed by atoms with van der Waals surface area (Å²) < 4.78 is 1.78. The van der Waals surface area contributed by atoms with E-state index >= 15 is 0 Å². The van der Waals surface area contributed by atoms with Gasteiger partial charge in [-0.2, -0.15) is 5.10 Å². The van der Waals surface area contributed by atoms with Crippen molar-refractivity contribution in [2.24, 2.45) is 7.05 Å². The molecule has 2 amide bonds. The first-order valence-corrected chi connectivity index (χ1v) is 6.80. The summed E-state index contributed by atoms with van der Waals surface area (Å²) in [4.78, 5) is 21.8. The van der Waals surface area contributed by atoms with Gasteiger partial charge in [0.15, 0.2) is 0 Å². The maximum atomic E-state index is 11.5. The Balaban J connectivity index is 1.98. The van der Waals surface area contributed by atoms with E-state index in [9.17, 15) is 9.59 Å². The summed E-state index contributed by atoms with van der Waals surface area (Å²) in [6, 6.07) is 1.73. The van der Waals surface area contributed by atoms with Crippen LogP contribution in [-0.4, -0.2) is 40.0 Å². The first-order chi connectivity index (χ1) is 9.59. The van der Waals surface area contributed by atoms with Crippen molar-refractivity contribution >= 4 is 12.0 Å². The number of aryl methyl sites for hydroxylation is 1. The molecule has 0 saturated carbocycles. The zero-order valence-corrected chi connectivity index (χ0v) is 11.8. The number of hydrogen-bond donors (Lipinski definition) is 3. The van der Waals surface area contributed by atoms with Gasteiger partial charge in [0.2, 0.25) is 0 Å². The Labute approximate surface area is 118 Å². The van der Waals surface area contributed by atoms with Crippen molar-refractivity contribution in [2.45, 2.75) is 32.1 Å². The van der Waals surface area contributed by atoms with Gasteiger partial charge in [0.25, 0.3) is 0 Å². The molecule has 3 N–H and O–H groups in total. The zero-order chi connectivity index (χ0) is 14.8. The lowest BCUT2D eigenvalue weighted by atomic mass is 10.2. The maximum Gasteiger partial charge on any atom is 0.314 e. The molecular formula is C13H22N4O3. The lowest BCUT2D eigenvalue weighted by molar-refractivity contribution is -0.137. The molecule has 0 aliphatic heterocycles. The molecule has 1 heterocycles. The summed E-state index contributed by atoms with van der Waals surface area (Å²) in [5.74, 6) is -0.772. The van der Waals surface area contributed by atoms with E-state index in [4.69, 9.17) is 5.11 Å². The number of nitrogens with one attached hydrogen (secondary N) is 2. The van der Waals surface area contributed by atoms with E-state index in [1.54, 1.807) is 10.9 Å². The van der Waals surface area contributed by atoms with E-state index in [0.717, 1.165) is 25.0 Å². The van der Waals surface area contributed by atoms with Crippen LogP contribution < -0.4 is 10.6 Å². The fourth-order valence-corrected chi connectivity index (χ4v) is 1.79. The van der Waals surface area contributed by atoms with Crippen LogP contribution in [0.5, 0.6) is 0 Å². The van der Waals surface area contributed by atoms with Gasteiger partial charge in [0.1, 0.15) is 0 Å². The lowest BCUT2D eigenvalue weighted by Gasteiger charge is -2.07. The van der Waals surface area contributed by atoms with Crippen LogP contribution in [0.15, 0.2) is 12.3 Å². The summed E-state index contributed by atoms with van der Waals surface area (Å²) in [6.45, 7) is 1.13. The number of nitrogens with zero attached hydrogens (tertiary/aromatic N) is 2. The standard InChI is InChI=1S/C13H22N4O3/c1-17-11(7-10-16-17)6-9-15-13(20)14-8-4-2-3-5-12(18)19/h7,10H,2-6,8-9H2,1H3,(H,18,19)(H2,14,15,20). The van der Waals surface area contributed by atoms with Crippen molar-refractivity contribution in [3.8, 4) is 0 Å². The molecule has 1 rings (SSSR count). The Kier molecular flexibility index (Phi) is 7.16. The summed E-state index contributed by atoms with van der Waals surface area (Å²) in [6.07, 6.45) is 4.91. The van der Waals surface area contributed by atoms with E-state index < -0.39 is 5.97 Å². The Bertz CT molecular complexity index is 431. The molecule has 0 saturated heterocycles. The number of hydrogen-bond acceptors (Lipinski definition) is 3. The summed E-state index contributed by atoms with van der Waals surface area (Å²) in [7, 11) is 1.87. The number of aliphatic carboxylic acids is 1. The Morgan fingerprint density at radius 1 is 1.25 bits per heavy atom. The highest BCUT2D eigenvalue weighted by atomic mass is 16.4. The fraction of sp³-hybridized carbons (Fsp3) is 0.615. The molecule has 112 valence electrons. The minimum absolute atomic E-state index is 0.189. The molecule has 1 aromatic heterocycles. The Morgan fingerprint density at radius 3 is 2.65 bits per heavy atom. The molecule has 1 aromatic rings. The van der Waals surface area contributed by atoms with Crippen molar-refractivity contribution < 1.29 is 14.7 Å². The number of aromatic nitrogens is 2. The van der Waals surface area contributed by atoms with Crippen molar-refractivity contribution in [2.75, 3.05) is 13.1 Å². The average molecular weight is 282 g/mol.